The zero-order valence-electron chi connectivity index (χ0n) is 15.7. The second kappa shape index (κ2) is 8.32. The minimum absolute atomic E-state index is 0.0460. The molecule has 0 saturated carbocycles. The predicted octanol–water partition coefficient (Wildman–Crippen LogP) is 3.57. The smallest absolute Gasteiger partial charge is 0.251 e. The van der Waals surface area contributed by atoms with Crippen LogP contribution in [0.3, 0.4) is 0 Å². The van der Waals surface area contributed by atoms with Crippen LogP contribution in [-0.2, 0) is 10.0 Å². The Morgan fingerprint density at radius 2 is 2.00 bits per heavy atom. The number of nitrogens with zero attached hydrogens (tertiary/aromatic N) is 1. The molecule has 6 nitrogen and oxygen atoms in total. The number of hydrogen-bond donors (Lipinski definition) is 1. The minimum Gasteiger partial charge on any atom is -0.495 e. The summed E-state index contributed by atoms with van der Waals surface area (Å²) in [6.07, 6.45) is 0.767. The largest absolute Gasteiger partial charge is 0.495 e. The first-order valence-corrected chi connectivity index (χ1v) is 11.4. The molecule has 0 aliphatic carbocycles. The predicted molar refractivity (Wildman–Crippen MR) is 111 cm³/mol. The number of sulfonamides is 1. The Bertz CT molecular complexity index is 1010. The molecule has 0 radical (unpaired) electrons. The Morgan fingerprint density at radius 3 is 2.68 bits per heavy atom. The highest BCUT2D eigenvalue weighted by Gasteiger charge is 2.26. The second-order valence-electron chi connectivity index (χ2n) is 6.50. The van der Waals surface area contributed by atoms with Crippen LogP contribution in [0.2, 0.25) is 5.02 Å². The third kappa shape index (κ3) is 4.15. The maximum atomic E-state index is 12.9. The molecule has 1 amide bonds. The van der Waals surface area contributed by atoms with Gasteiger partial charge in [0.1, 0.15) is 10.6 Å². The van der Waals surface area contributed by atoms with Gasteiger partial charge in [0.15, 0.2) is 0 Å². The number of fused-ring (bicyclic) bond motifs is 1. The summed E-state index contributed by atoms with van der Waals surface area (Å²) < 4.78 is 31.4. The van der Waals surface area contributed by atoms with Crippen LogP contribution >= 0.6 is 23.4 Å². The van der Waals surface area contributed by atoms with Crippen LogP contribution in [0.5, 0.6) is 5.75 Å². The maximum absolute atomic E-state index is 12.9. The molecule has 1 aliphatic rings. The molecule has 0 saturated heterocycles. The molecular formula is C19H21ClN2O4S2. The zero-order chi connectivity index (χ0) is 20.5. The first kappa shape index (κ1) is 21.0. The molecule has 28 heavy (non-hydrogen) atoms. The van der Waals surface area contributed by atoms with Crippen LogP contribution in [0, 0.1) is 0 Å². The van der Waals surface area contributed by atoms with Crippen molar-refractivity contribution in [1.29, 1.82) is 0 Å². The lowest BCUT2D eigenvalue weighted by Crippen LogP contribution is -2.31. The number of rotatable bonds is 5. The summed E-state index contributed by atoms with van der Waals surface area (Å²) in [7, 11) is 0.502. The van der Waals surface area contributed by atoms with Gasteiger partial charge in [-0.15, -0.1) is 11.8 Å². The Morgan fingerprint density at radius 1 is 1.25 bits per heavy atom. The van der Waals surface area contributed by atoms with Crippen LogP contribution < -0.4 is 10.1 Å². The van der Waals surface area contributed by atoms with E-state index in [9.17, 15) is 13.2 Å². The molecular weight excluding hydrogens is 420 g/mol. The zero-order valence-corrected chi connectivity index (χ0v) is 18.1. The van der Waals surface area contributed by atoms with Gasteiger partial charge in [0.05, 0.1) is 13.2 Å². The van der Waals surface area contributed by atoms with Gasteiger partial charge < -0.3 is 10.1 Å². The molecule has 3 rings (SSSR count). The van der Waals surface area contributed by atoms with E-state index in [1.54, 1.807) is 17.8 Å². The van der Waals surface area contributed by atoms with Crippen LogP contribution in [0.4, 0.5) is 0 Å². The normalized spacial score (nSPS) is 16.5. The van der Waals surface area contributed by atoms with Gasteiger partial charge >= 0.3 is 0 Å². The number of methoxy groups -OCH3 is 1. The number of hydrogen-bond acceptors (Lipinski definition) is 5. The third-order valence-corrected chi connectivity index (χ3v) is 7.70. The summed E-state index contributed by atoms with van der Waals surface area (Å²) in [4.78, 5) is 13.9. The van der Waals surface area contributed by atoms with Gasteiger partial charge in [0.25, 0.3) is 5.91 Å². The molecule has 1 heterocycles. The Kier molecular flexibility index (Phi) is 6.24. The van der Waals surface area contributed by atoms with E-state index in [1.165, 1.54) is 33.3 Å². The van der Waals surface area contributed by atoms with Gasteiger partial charge in [-0.2, -0.15) is 0 Å². The molecule has 9 heteroatoms. The van der Waals surface area contributed by atoms with Gasteiger partial charge in [-0.25, -0.2) is 12.7 Å². The molecule has 0 aromatic heterocycles. The third-order valence-electron chi connectivity index (χ3n) is 4.50. The molecule has 0 spiro atoms. The Labute approximate surface area is 174 Å². The number of nitrogens with one attached hydrogen (secondary N) is 1. The van der Waals surface area contributed by atoms with Crippen molar-refractivity contribution in [1.82, 2.24) is 9.62 Å². The van der Waals surface area contributed by atoms with Crippen molar-refractivity contribution in [2.45, 2.75) is 22.3 Å². The molecule has 150 valence electrons. The second-order valence-corrected chi connectivity index (χ2v) is 10.2. The lowest BCUT2D eigenvalue weighted by molar-refractivity contribution is 0.0934. The van der Waals surface area contributed by atoms with Crippen LogP contribution in [0.15, 0.2) is 46.2 Å². The molecule has 2 aromatic rings. The van der Waals surface area contributed by atoms with Gasteiger partial charge in [-0.1, -0.05) is 11.6 Å². The first-order chi connectivity index (χ1) is 13.2. The van der Waals surface area contributed by atoms with Gasteiger partial charge in [0.2, 0.25) is 10.0 Å². The Hall–Kier alpha value is -1.74. The van der Waals surface area contributed by atoms with Crippen molar-refractivity contribution in [2.24, 2.45) is 0 Å². The lowest BCUT2D eigenvalue weighted by Gasteiger charge is -2.26. The molecule has 1 atom stereocenters. The molecule has 0 fully saturated rings. The van der Waals surface area contributed by atoms with Crippen molar-refractivity contribution in [3.63, 3.8) is 0 Å². The van der Waals surface area contributed by atoms with Crippen molar-refractivity contribution in [3.05, 3.63) is 52.5 Å². The number of amides is 1. The fourth-order valence-electron chi connectivity index (χ4n) is 2.97. The molecule has 2 aromatic carbocycles. The Balaban J connectivity index is 1.92. The number of carbonyl (C=O) groups is 1. The summed E-state index contributed by atoms with van der Waals surface area (Å²) in [6.45, 7) is 0. The first-order valence-electron chi connectivity index (χ1n) is 8.57. The van der Waals surface area contributed by atoms with Gasteiger partial charge in [-0.05, 0) is 48.4 Å². The number of thioether (sulfide) groups is 1. The van der Waals surface area contributed by atoms with Crippen LogP contribution in [-0.4, -0.2) is 45.6 Å². The number of carbonyl (C=O) groups excluding carboxylic acids is 1. The van der Waals surface area contributed by atoms with E-state index < -0.39 is 10.0 Å². The lowest BCUT2D eigenvalue weighted by atomic mass is 10.0. The summed E-state index contributed by atoms with van der Waals surface area (Å²) >= 11 is 7.85. The summed E-state index contributed by atoms with van der Waals surface area (Å²) in [5.74, 6) is 0.722. The van der Waals surface area contributed by atoms with Crippen molar-refractivity contribution in [2.75, 3.05) is 27.0 Å². The maximum Gasteiger partial charge on any atom is 0.251 e. The van der Waals surface area contributed by atoms with E-state index in [2.05, 4.69) is 5.32 Å². The number of benzene rings is 2. The minimum atomic E-state index is -3.76. The molecule has 0 bridgehead atoms. The molecule has 0 unspecified atom stereocenters. The highest BCUT2D eigenvalue weighted by Crippen LogP contribution is 2.37. The number of halogens is 1. The number of ether oxygens (including phenoxy) is 1. The van der Waals surface area contributed by atoms with Gasteiger partial charge in [0, 0.05) is 35.3 Å². The van der Waals surface area contributed by atoms with Crippen LogP contribution in [0.25, 0.3) is 0 Å². The van der Waals surface area contributed by atoms with E-state index in [0.717, 1.165) is 26.9 Å². The summed E-state index contributed by atoms with van der Waals surface area (Å²) in [6, 6.07) is 9.86. The average molecular weight is 441 g/mol. The topological polar surface area (TPSA) is 75.7 Å². The standard InChI is InChI=1S/C19H21ClN2O4S2/c1-22(2)28(24,25)18-10-12(4-6-16(18)26-3)19(23)21-15-8-9-27-17-7-5-13(20)11-14(15)17/h4-7,10-11,15H,8-9H2,1-3H3,(H,21,23)/t15-/m0/s1. The van der Waals surface area contributed by atoms with Gasteiger partial charge in [-0.3, -0.25) is 4.79 Å². The van der Waals surface area contributed by atoms with Crippen molar-refractivity contribution in [3.8, 4) is 5.75 Å². The SMILES string of the molecule is COc1ccc(C(=O)N[C@H]2CCSc3ccc(Cl)cc32)cc1S(=O)(=O)N(C)C. The van der Waals surface area contributed by atoms with Crippen molar-refractivity contribution < 1.29 is 17.9 Å². The van der Waals surface area contributed by atoms with Crippen LogP contribution in [0.1, 0.15) is 28.4 Å². The van der Waals surface area contributed by atoms with E-state index >= 15 is 0 Å². The average Bonchev–Trinajstić information content (AvgIpc) is 2.67. The summed E-state index contributed by atoms with van der Waals surface area (Å²) in [5, 5.41) is 3.62. The van der Waals surface area contributed by atoms with Crippen molar-refractivity contribution >= 4 is 39.3 Å². The van der Waals surface area contributed by atoms with E-state index in [1.807, 2.05) is 18.2 Å². The highest BCUT2D eigenvalue weighted by atomic mass is 35.5. The van der Waals surface area contributed by atoms with E-state index in [4.69, 9.17) is 16.3 Å². The highest BCUT2D eigenvalue weighted by molar-refractivity contribution is 7.99. The quantitative estimate of drug-likeness (QED) is 0.769. The fraction of sp³-hybridized carbons (Fsp3) is 0.316. The molecule has 1 aliphatic heterocycles. The monoisotopic (exact) mass is 440 g/mol. The fourth-order valence-corrected chi connectivity index (χ4v) is 5.33. The van der Waals surface area contributed by atoms with E-state index in [0.29, 0.717) is 5.02 Å². The van der Waals surface area contributed by atoms with E-state index in [-0.39, 0.29) is 28.2 Å². The molecule has 1 N–H and O–H groups in total. The summed E-state index contributed by atoms with van der Waals surface area (Å²) in [5.41, 5.74) is 1.23.